The molecule has 0 saturated carbocycles. The van der Waals surface area contributed by atoms with Crippen molar-refractivity contribution in [1.82, 2.24) is 5.32 Å². The smallest absolute Gasteiger partial charge is 0.269 e. The van der Waals surface area contributed by atoms with E-state index in [-0.39, 0.29) is 58.1 Å². The third-order valence-corrected chi connectivity index (χ3v) is 6.21. The Kier molecular flexibility index (Phi) is 3.63. The van der Waals surface area contributed by atoms with Crippen LogP contribution in [0.3, 0.4) is 0 Å². The quantitative estimate of drug-likeness (QED) is 0.459. The Bertz CT molecular complexity index is 1240. The van der Waals surface area contributed by atoms with Crippen molar-refractivity contribution in [2.75, 3.05) is 5.32 Å². The number of nitro groups is 1. The summed E-state index contributed by atoms with van der Waals surface area (Å²) in [4.78, 5) is 55.3. The van der Waals surface area contributed by atoms with Gasteiger partial charge in [0.1, 0.15) is 17.1 Å². The first-order chi connectivity index (χ1) is 14.5. The summed E-state index contributed by atoms with van der Waals surface area (Å²) < 4.78 is 0. The second kappa shape index (κ2) is 5.87. The predicted molar refractivity (Wildman–Crippen MR) is 110 cm³/mol. The third kappa shape index (κ3) is 2.44. The molecular formula is C21H19N5O5. The Labute approximate surface area is 176 Å². The van der Waals surface area contributed by atoms with Gasteiger partial charge in [-0.25, -0.2) is 4.99 Å². The number of anilines is 1. The molecule has 1 spiro atoms. The molecule has 0 fully saturated rings. The molecule has 0 radical (unpaired) electrons. The SMILES string of the molecule is CC1(C)CC(=O)C2=C(C1)NC1=C(C(=O)CC(N)=N1)C21C(=O)Nc2ccc([N+](=O)[O-])cc21. The molecule has 1 aromatic carbocycles. The summed E-state index contributed by atoms with van der Waals surface area (Å²) >= 11 is 0. The van der Waals surface area contributed by atoms with E-state index in [4.69, 9.17) is 5.73 Å². The molecule has 1 amide bonds. The number of hydrogen-bond acceptors (Lipinski definition) is 8. The lowest BCUT2D eigenvalue weighted by molar-refractivity contribution is -0.384. The van der Waals surface area contributed by atoms with Gasteiger partial charge in [0, 0.05) is 41.1 Å². The standard InChI is InChI=1S/C21H19N5O5/c1-20(2)7-12-16(14(28)8-20)21(17-13(27)6-15(22)25-18(17)23-12)10-5-9(26(30)31)3-4-11(10)24-19(21)29/h3-5,23H,6-8H2,1-2H3,(H2,22,25)(H,24,29). The zero-order valence-electron chi connectivity index (χ0n) is 16.9. The zero-order valence-corrected chi connectivity index (χ0v) is 16.9. The highest BCUT2D eigenvalue weighted by Gasteiger charge is 2.62. The molecule has 1 aliphatic carbocycles. The molecule has 1 atom stereocenters. The first kappa shape index (κ1) is 19.2. The van der Waals surface area contributed by atoms with E-state index < -0.39 is 22.0 Å². The minimum absolute atomic E-state index is 0.00486. The summed E-state index contributed by atoms with van der Waals surface area (Å²) in [5, 5.41) is 17.3. The van der Waals surface area contributed by atoms with E-state index in [9.17, 15) is 24.5 Å². The molecule has 4 N–H and O–H groups in total. The fourth-order valence-electron chi connectivity index (χ4n) is 5.13. The van der Waals surface area contributed by atoms with Crippen molar-refractivity contribution in [3.8, 4) is 0 Å². The lowest BCUT2D eigenvalue weighted by Gasteiger charge is -2.44. The predicted octanol–water partition coefficient (Wildman–Crippen LogP) is 1.57. The molecule has 3 heterocycles. The van der Waals surface area contributed by atoms with E-state index in [1.54, 1.807) is 0 Å². The van der Waals surface area contributed by atoms with Crippen LogP contribution in [0.1, 0.15) is 38.7 Å². The molecule has 158 valence electrons. The van der Waals surface area contributed by atoms with Crippen molar-refractivity contribution in [2.45, 2.75) is 38.5 Å². The number of rotatable bonds is 1. The Morgan fingerprint density at radius 1 is 1.10 bits per heavy atom. The number of hydrogen-bond donors (Lipinski definition) is 3. The highest BCUT2D eigenvalue weighted by molar-refractivity contribution is 6.26. The molecular weight excluding hydrogens is 402 g/mol. The molecule has 0 saturated heterocycles. The van der Waals surface area contributed by atoms with Crippen LogP contribution in [0.2, 0.25) is 0 Å². The van der Waals surface area contributed by atoms with Crippen molar-refractivity contribution in [2.24, 2.45) is 16.1 Å². The number of benzene rings is 1. The van der Waals surface area contributed by atoms with E-state index in [1.165, 1.54) is 18.2 Å². The Morgan fingerprint density at radius 2 is 1.84 bits per heavy atom. The number of nitrogens with zero attached hydrogens (tertiary/aromatic N) is 2. The van der Waals surface area contributed by atoms with Gasteiger partial charge in [0.15, 0.2) is 11.6 Å². The second-order valence-electron chi connectivity index (χ2n) is 9.04. The fraction of sp³-hybridized carbons (Fsp3) is 0.333. The summed E-state index contributed by atoms with van der Waals surface area (Å²) in [5.74, 6) is -1.12. The molecule has 3 aliphatic heterocycles. The molecule has 0 bridgehead atoms. The molecule has 0 aromatic heterocycles. The fourth-order valence-corrected chi connectivity index (χ4v) is 5.13. The maximum Gasteiger partial charge on any atom is 0.269 e. The number of ketones is 2. The molecule has 4 aliphatic rings. The first-order valence-corrected chi connectivity index (χ1v) is 9.80. The number of dihydropyridines is 1. The topological polar surface area (TPSA) is 157 Å². The van der Waals surface area contributed by atoms with Gasteiger partial charge in [-0.2, -0.15) is 0 Å². The number of nitrogens with two attached hydrogens (primary N) is 1. The van der Waals surface area contributed by atoms with E-state index >= 15 is 0 Å². The van der Waals surface area contributed by atoms with Gasteiger partial charge in [0.05, 0.1) is 16.9 Å². The third-order valence-electron chi connectivity index (χ3n) is 6.21. The number of amidine groups is 1. The van der Waals surface area contributed by atoms with Crippen molar-refractivity contribution < 1.29 is 19.3 Å². The monoisotopic (exact) mass is 421 g/mol. The average Bonchev–Trinajstić information content (AvgIpc) is 2.91. The number of amides is 1. The molecule has 10 heteroatoms. The summed E-state index contributed by atoms with van der Waals surface area (Å²) in [5.41, 5.74) is 4.61. The van der Waals surface area contributed by atoms with Crippen molar-refractivity contribution in [1.29, 1.82) is 0 Å². The van der Waals surface area contributed by atoms with Gasteiger partial charge in [-0.15, -0.1) is 0 Å². The first-order valence-electron chi connectivity index (χ1n) is 9.80. The van der Waals surface area contributed by atoms with Crippen LogP contribution in [-0.2, 0) is 19.8 Å². The Balaban J connectivity index is 1.90. The minimum Gasteiger partial charge on any atom is -0.387 e. The van der Waals surface area contributed by atoms with Crippen LogP contribution in [0.4, 0.5) is 11.4 Å². The highest BCUT2D eigenvalue weighted by atomic mass is 16.6. The summed E-state index contributed by atoms with van der Waals surface area (Å²) in [6.45, 7) is 3.87. The van der Waals surface area contributed by atoms with E-state index in [0.29, 0.717) is 17.8 Å². The van der Waals surface area contributed by atoms with E-state index in [0.717, 1.165) is 0 Å². The summed E-state index contributed by atoms with van der Waals surface area (Å²) in [6, 6.07) is 3.95. The Hall–Kier alpha value is -3.82. The molecule has 5 rings (SSSR count). The van der Waals surface area contributed by atoms with E-state index in [2.05, 4.69) is 15.6 Å². The number of aliphatic imine (C=N–C) groups is 1. The summed E-state index contributed by atoms with van der Waals surface area (Å²) in [6.07, 6.45) is 0.408. The second-order valence-corrected chi connectivity index (χ2v) is 9.04. The molecule has 1 aromatic rings. The van der Waals surface area contributed by atoms with Crippen LogP contribution in [0.5, 0.6) is 0 Å². The number of fused-ring (bicyclic) bond motifs is 4. The number of Topliss-reactive ketones (excluding diaryl/α,β-unsaturated/α-hetero) is 2. The van der Waals surface area contributed by atoms with Crippen LogP contribution in [-0.4, -0.2) is 28.2 Å². The number of nitrogens with one attached hydrogen (secondary N) is 2. The van der Waals surface area contributed by atoms with Crippen LogP contribution in [0.15, 0.2) is 45.9 Å². The number of carbonyl (C=O) groups excluding carboxylic acids is 3. The normalized spacial score (nSPS) is 26.1. The average molecular weight is 421 g/mol. The van der Waals surface area contributed by atoms with Gasteiger partial charge in [0.25, 0.3) is 5.69 Å². The van der Waals surface area contributed by atoms with Crippen LogP contribution in [0, 0.1) is 15.5 Å². The van der Waals surface area contributed by atoms with Gasteiger partial charge >= 0.3 is 0 Å². The molecule has 1 unspecified atom stereocenters. The number of nitro benzene ring substituents is 1. The minimum atomic E-state index is -1.80. The number of carbonyl (C=O) groups is 3. The zero-order chi connectivity index (χ0) is 22.3. The largest absolute Gasteiger partial charge is 0.387 e. The van der Waals surface area contributed by atoms with Gasteiger partial charge < -0.3 is 16.4 Å². The van der Waals surface area contributed by atoms with Crippen molar-refractivity contribution in [3.63, 3.8) is 0 Å². The van der Waals surface area contributed by atoms with E-state index in [1.807, 2.05) is 13.8 Å². The van der Waals surface area contributed by atoms with Crippen LogP contribution in [0.25, 0.3) is 0 Å². The van der Waals surface area contributed by atoms with Crippen LogP contribution < -0.4 is 16.4 Å². The van der Waals surface area contributed by atoms with Gasteiger partial charge in [0.2, 0.25) is 5.91 Å². The van der Waals surface area contributed by atoms with Gasteiger partial charge in [-0.3, -0.25) is 24.5 Å². The lowest BCUT2D eigenvalue weighted by Crippen LogP contribution is -2.53. The number of allylic oxidation sites excluding steroid dienone is 1. The lowest BCUT2D eigenvalue weighted by atomic mass is 9.60. The summed E-state index contributed by atoms with van der Waals surface area (Å²) in [7, 11) is 0. The highest BCUT2D eigenvalue weighted by Crippen LogP contribution is 2.56. The molecule has 31 heavy (non-hydrogen) atoms. The van der Waals surface area contributed by atoms with Gasteiger partial charge in [-0.1, -0.05) is 13.8 Å². The van der Waals surface area contributed by atoms with Crippen molar-refractivity contribution >= 4 is 34.7 Å². The molecule has 10 nitrogen and oxygen atoms in total. The van der Waals surface area contributed by atoms with Crippen LogP contribution >= 0.6 is 0 Å². The maximum absolute atomic E-state index is 13.6. The number of non-ortho nitro benzene ring substituents is 1. The Morgan fingerprint density at radius 3 is 2.55 bits per heavy atom. The maximum atomic E-state index is 13.6. The van der Waals surface area contributed by atoms with Crippen molar-refractivity contribution in [3.05, 3.63) is 56.5 Å². The van der Waals surface area contributed by atoms with Gasteiger partial charge in [-0.05, 0) is 17.9 Å².